The van der Waals surface area contributed by atoms with Gasteiger partial charge in [0.15, 0.2) is 0 Å². The molecule has 0 spiro atoms. The molecule has 0 saturated carbocycles. The minimum absolute atomic E-state index is 0.445. The highest BCUT2D eigenvalue weighted by molar-refractivity contribution is 6.30. The molecular weight excluding hydrogens is 286 g/mol. The maximum Gasteiger partial charge on any atom is 0.135 e. The summed E-state index contributed by atoms with van der Waals surface area (Å²) in [5.41, 5.74) is 8.62. The highest BCUT2D eigenvalue weighted by Crippen LogP contribution is 2.19. The van der Waals surface area contributed by atoms with Gasteiger partial charge in [-0.3, -0.25) is 4.68 Å². The average Bonchev–Trinajstić information content (AvgIpc) is 2.85. The Morgan fingerprint density at radius 3 is 2.81 bits per heavy atom. The fourth-order valence-electron chi connectivity index (χ4n) is 2.13. The number of aryl methyl sites for hydroxylation is 1. The zero-order valence-corrected chi connectivity index (χ0v) is 12.2. The molecule has 6 heteroatoms. The van der Waals surface area contributed by atoms with Crippen LogP contribution in [0.5, 0.6) is 0 Å². The number of hydrogen-bond donors (Lipinski definition) is 1. The van der Waals surface area contributed by atoms with Gasteiger partial charge in [-0.15, -0.1) is 0 Å². The number of rotatable bonds is 3. The van der Waals surface area contributed by atoms with Crippen molar-refractivity contribution in [2.75, 3.05) is 5.73 Å². The number of anilines is 1. The monoisotopic (exact) mass is 299 g/mol. The lowest BCUT2D eigenvalue weighted by atomic mass is 10.1. The largest absolute Gasteiger partial charge is 0.384 e. The summed E-state index contributed by atoms with van der Waals surface area (Å²) in [5, 5.41) is 4.84. The van der Waals surface area contributed by atoms with Gasteiger partial charge in [0.1, 0.15) is 11.6 Å². The smallest absolute Gasteiger partial charge is 0.135 e. The van der Waals surface area contributed by atoms with Crippen LogP contribution in [0, 0.1) is 0 Å². The Balaban J connectivity index is 1.94. The summed E-state index contributed by atoms with van der Waals surface area (Å²) >= 11 is 6.00. The van der Waals surface area contributed by atoms with Gasteiger partial charge in [-0.1, -0.05) is 23.7 Å². The number of aromatic nitrogens is 4. The van der Waals surface area contributed by atoms with Crippen LogP contribution in [0.25, 0.3) is 11.3 Å². The molecule has 1 aromatic carbocycles. The van der Waals surface area contributed by atoms with Gasteiger partial charge in [-0.25, -0.2) is 9.97 Å². The summed E-state index contributed by atoms with van der Waals surface area (Å²) < 4.78 is 1.73. The molecular formula is C15H14ClN5. The molecule has 0 aliphatic carbocycles. The number of benzene rings is 1. The summed E-state index contributed by atoms with van der Waals surface area (Å²) in [7, 11) is 1.86. The Morgan fingerprint density at radius 2 is 2.10 bits per heavy atom. The normalized spacial score (nSPS) is 10.8. The average molecular weight is 300 g/mol. The summed E-state index contributed by atoms with van der Waals surface area (Å²) in [6.45, 7) is 0. The van der Waals surface area contributed by atoms with Crippen LogP contribution < -0.4 is 5.73 Å². The first-order chi connectivity index (χ1) is 10.1. The highest BCUT2D eigenvalue weighted by Gasteiger charge is 2.08. The van der Waals surface area contributed by atoms with E-state index in [9.17, 15) is 0 Å². The molecule has 3 rings (SSSR count). The summed E-state index contributed by atoms with van der Waals surface area (Å²) in [6, 6.07) is 9.39. The van der Waals surface area contributed by atoms with E-state index in [0.29, 0.717) is 23.1 Å². The summed E-state index contributed by atoms with van der Waals surface area (Å²) in [4.78, 5) is 8.84. The van der Waals surface area contributed by atoms with Gasteiger partial charge in [0.25, 0.3) is 0 Å². The van der Waals surface area contributed by atoms with Gasteiger partial charge >= 0.3 is 0 Å². The van der Waals surface area contributed by atoms with Crippen molar-refractivity contribution in [1.82, 2.24) is 19.7 Å². The molecule has 2 heterocycles. The fourth-order valence-corrected chi connectivity index (χ4v) is 2.34. The van der Waals surface area contributed by atoms with Gasteiger partial charge in [0.2, 0.25) is 0 Å². The molecule has 2 aromatic heterocycles. The van der Waals surface area contributed by atoms with Crippen LogP contribution in [0.2, 0.25) is 5.02 Å². The molecule has 0 amide bonds. The molecule has 0 radical (unpaired) electrons. The third-order valence-corrected chi connectivity index (χ3v) is 3.28. The first kappa shape index (κ1) is 13.6. The minimum Gasteiger partial charge on any atom is -0.384 e. The second kappa shape index (κ2) is 5.54. The molecule has 0 bridgehead atoms. The molecule has 2 N–H and O–H groups in total. The topological polar surface area (TPSA) is 69.6 Å². The van der Waals surface area contributed by atoms with Gasteiger partial charge in [0, 0.05) is 36.3 Å². The predicted octanol–water partition coefficient (Wildman–Crippen LogP) is 2.70. The van der Waals surface area contributed by atoms with Crippen molar-refractivity contribution in [3.63, 3.8) is 0 Å². The van der Waals surface area contributed by atoms with E-state index in [0.717, 1.165) is 16.8 Å². The molecule has 3 aromatic rings. The van der Waals surface area contributed by atoms with Crippen molar-refractivity contribution in [1.29, 1.82) is 0 Å². The van der Waals surface area contributed by atoms with E-state index in [1.165, 1.54) is 0 Å². The Labute approximate surface area is 127 Å². The van der Waals surface area contributed by atoms with Crippen LogP contribution >= 0.6 is 11.6 Å². The second-order valence-electron chi connectivity index (χ2n) is 4.80. The highest BCUT2D eigenvalue weighted by atomic mass is 35.5. The van der Waals surface area contributed by atoms with Crippen molar-refractivity contribution < 1.29 is 0 Å². The maximum absolute atomic E-state index is 6.00. The fraction of sp³-hybridized carbons (Fsp3) is 0.133. The van der Waals surface area contributed by atoms with Crippen molar-refractivity contribution in [3.05, 3.63) is 59.1 Å². The second-order valence-corrected chi connectivity index (χ2v) is 5.24. The first-order valence-corrected chi connectivity index (χ1v) is 6.85. The quantitative estimate of drug-likeness (QED) is 0.807. The van der Waals surface area contributed by atoms with E-state index in [-0.39, 0.29) is 0 Å². The first-order valence-electron chi connectivity index (χ1n) is 6.47. The Hall–Kier alpha value is -2.40. The van der Waals surface area contributed by atoms with Crippen molar-refractivity contribution >= 4 is 17.4 Å². The lowest BCUT2D eigenvalue weighted by Crippen LogP contribution is -2.02. The summed E-state index contributed by atoms with van der Waals surface area (Å²) in [5.74, 6) is 1.11. The van der Waals surface area contributed by atoms with Crippen molar-refractivity contribution in [3.8, 4) is 11.3 Å². The number of nitrogen functional groups attached to an aromatic ring is 1. The molecule has 0 aliphatic rings. The van der Waals surface area contributed by atoms with Gasteiger partial charge in [-0.05, 0) is 17.7 Å². The van der Waals surface area contributed by atoms with E-state index in [1.807, 2.05) is 37.5 Å². The Bertz CT molecular complexity index is 781. The number of nitrogens with two attached hydrogens (primary N) is 1. The molecule has 5 nitrogen and oxygen atoms in total. The van der Waals surface area contributed by atoms with E-state index in [2.05, 4.69) is 15.1 Å². The van der Waals surface area contributed by atoms with Crippen LogP contribution in [-0.2, 0) is 13.5 Å². The zero-order valence-electron chi connectivity index (χ0n) is 11.5. The van der Waals surface area contributed by atoms with Crippen LogP contribution in [0.15, 0.2) is 42.7 Å². The van der Waals surface area contributed by atoms with E-state index in [1.54, 1.807) is 16.9 Å². The Morgan fingerprint density at radius 1 is 1.24 bits per heavy atom. The molecule has 0 unspecified atom stereocenters. The zero-order chi connectivity index (χ0) is 14.8. The maximum atomic E-state index is 6.00. The third kappa shape index (κ3) is 3.20. The number of halogens is 1. The summed E-state index contributed by atoms with van der Waals surface area (Å²) in [6.07, 6.45) is 4.23. The molecule has 0 aliphatic heterocycles. The Kier molecular flexibility index (Phi) is 3.58. The SMILES string of the molecule is Cn1cc(-c2cc(N)nc(Cc3cccc(Cl)c3)n2)cn1. The van der Waals surface area contributed by atoms with Crippen molar-refractivity contribution in [2.45, 2.75) is 6.42 Å². The lowest BCUT2D eigenvalue weighted by Gasteiger charge is -2.05. The molecule has 106 valence electrons. The van der Waals surface area contributed by atoms with E-state index >= 15 is 0 Å². The van der Waals surface area contributed by atoms with Gasteiger partial charge in [-0.2, -0.15) is 5.10 Å². The third-order valence-electron chi connectivity index (χ3n) is 3.04. The number of nitrogens with zero attached hydrogens (tertiary/aromatic N) is 4. The number of hydrogen-bond acceptors (Lipinski definition) is 4. The predicted molar refractivity (Wildman–Crippen MR) is 82.9 cm³/mol. The van der Waals surface area contributed by atoms with Crippen LogP contribution in [-0.4, -0.2) is 19.7 Å². The molecule has 0 fully saturated rings. The van der Waals surface area contributed by atoms with Crippen LogP contribution in [0.4, 0.5) is 5.82 Å². The lowest BCUT2D eigenvalue weighted by molar-refractivity contribution is 0.768. The van der Waals surface area contributed by atoms with Gasteiger partial charge < -0.3 is 5.73 Å². The van der Waals surface area contributed by atoms with Crippen LogP contribution in [0.1, 0.15) is 11.4 Å². The molecule has 0 saturated heterocycles. The van der Waals surface area contributed by atoms with Crippen LogP contribution in [0.3, 0.4) is 0 Å². The van der Waals surface area contributed by atoms with E-state index in [4.69, 9.17) is 17.3 Å². The molecule has 0 atom stereocenters. The standard InChI is InChI=1S/C15H14ClN5/c1-21-9-11(8-18-21)13-7-14(17)20-15(19-13)6-10-3-2-4-12(16)5-10/h2-5,7-9H,6H2,1H3,(H2,17,19,20). The van der Waals surface area contributed by atoms with E-state index < -0.39 is 0 Å². The van der Waals surface area contributed by atoms with Crippen molar-refractivity contribution in [2.24, 2.45) is 7.05 Å². The molecule has 21 heavy (non-hydrogen) atoms. The minimum atomic E-state index is 0.445. The van der Waals surface area contributed by atoms with Gasteiger partial charge in [0.05, 0.1) is 11.9 Å².